The van der Waals surface area contributed by atoms with Crippen molar-refractivity contribution in [3.8, 4) is 0 Å². The van der Waals surface area contributed by atoms with E-state index in [1.165, 1.54) is 12.3 Å². The number of hydrogen-bond acceptors (Lipinski definition) is 5. The summed E-state index contributed by atoms with van der Waals surface area (Å²) in [6.07, 6.45) is 2.78. The molecule has 0 bridgehead atoms. The van der Waals surface area contributed by atoms with E-state index >= 15 is 0 Å². The predicted molar refractivity (Wildman–Crippen MR) is 76.1 cm³/mol. The van der Waals surface area contributed by atoms with Crippen LogP contribution in [0.25, 0.3) is 0 Å². The van der Waals surface area contributed by atoms with Crippen molar-refractivity contribution in [2.24, 2.45) is 0 Å². The van der Waals surface area contributed by atoms with Crippen molar-refractivity contribution in [3.05, 3.63) is 33.6 Å². The van der Waals surface area contributed by atoms with Crippen LogP contribution in [0.3, 0.4) is 0 Å². The summed E-state index contributed by atoms with van der Waals surface area (Å²) in [5.74, 6) is 0. The third kappa shape index (κ3) is 4.14. The van der Waals surface area contributed by atoms with E-state index in [4.69, 9.17) is 4.74 Å². The highest BCUT2D eigenvalue weighted by molar-refractivity contribution is 5.68. The third-order valence-electron chi connectivity index (χ3n) is 3.17. The molecule has 1 aliphatic rings. The van der Waals surface area contributed by atoms with Crippen LogP contribution in [-0.4, -0.2) is 27.6 Å². The number of fused-ring (bicyclic) bond motifs is 1. The molecule has 1 heterocycles. The van der Waals surface area contributed by atoms with E-state index in [9.17, 15) is 14.9 Å². The fourth-order valence-corrected chi connectivity index (χ4v) is 2.30. The number of carbonyl (C=O) groups excluding carboxylic acids is 1. The van der Waals surface area contributed by atoms with Gasteiger partial charge in [-0.3, -0.25) is 15.1 Å². The lowest BCUT2D eigenvalue weighted by Crippen LogP contribution is -2.42. The largest absolute Gasteiger partial charge is 0.444 e. The molecule has 1 aromatic heterocycles. The Hall–Kier alpha value is -2.18. The molecular formula is C14H19N3O4. The molecule has 1 unspecified atom stereocenters. The molecule has 7 nitrogen and oxygen atoms in total. The Morgan fingerprint density at radius 2 is 2.24 bits per heavy atom. The van der Waals surface area contributed by atoms with Crippen molar-refractivity contribution in [1.82, 2.24) is 10.3 Å². The molecule has 0 aliphatic heterocycles. The molecule has 0 radical (unpaired) electrons. The molecule has 0 saturated carbocycles. The summed E-state index contributed by atoms with van der Waals surface area (Å²) in [6, 6.07) is 1.45. The van der Waals surface area contributed by atoms with Gasteiger partial charge in [-0.1, -0.05) is 0 Å². The van der Waals surface area contributed by atoms with Crippen molar-refractivity contribution < 1.29 is 14.5 Å². The maximum Gasteiger partial charge on any atom is 0.407 e. The van der Waals surface area contributed by atoms with Gasteiger partial charge in [0.2, 0.25) is 0 Å². The van der Waals surface area contributed by atoms with E-state index in [0.717, 1.165) is 17.7 Å². The number of pyridine rings is 1. The molecule has 1 amide bonds. The summed E-state index contributed by atoms with van der Waals surface area (Å²) >= 11 is 0. The molecule has 1 aliphatic carbocycles. The van der Waals surface area contributed by atoms with E-state index in [0.29, 0.717) is 12.8 Å². The van der Waals surface area contributed by atoms with Crippen LogP contribution in [0.5, 0.6) is 0 Å². The summed E-state index contributed by atoms with van der Waals surface area (Å²) in [7, 11) is 0. The summed E-state index contributed by atoms with van der Waals surface area (Å²) in [5, 5.41) is 13.6. The highest BCUT2D eigenvalue weighted by Crippen LogP contribution is 2.23. The Morgan fingerprint density at radius 3 is 2.86 bits per heavy atom. The molecular weight excluding hydrogens is 274 g/mol. The van der Waals surface area contributed by atoms with Crippen molar-refractivity contribution in [1.29, 1.82) is 0 Å². The minimum Gasteiger partial charge on any atom is -0.444 e. The Labute approximate surface area is 122 Å². The quantitative estimate of drug-likeness (QED) is 0.667. The zero-order chi connectivity index (χ0) is 15.6. The minimum atomic E-state index is -0.545. The van der Waals surface area contributed by atoms with Crippen molar-refractivity contribution >= 4 is 11.8 Å². The van der Waals surface area contributed by atoms with E-state index in [-0.39, 0.29) is 11.7 Å². The van der Waals surface area contributed by atoms with Crippen LogP contribution >= 0.6 is 0 Å². The van der Waals surface area contributed by atoms with E-state index < -0.39 is 16.6 Å². The number of carbonyl (C=O) groups is 1. The van der Waals surface area contributed by atoms with Crippen molar-refractivity contribution in [2.45, 2.75) is 51.7 Å². The first kappa shape index (κ1) is 15.2. The van der Waals surface area contributed by atoms with Gasteiger partial charge in [-0.2, -0.15) is 0 Å². The van der Waals surface area contributed by atoms with Crippen LogP contribution in [0.15, 0.2) is 12.3 Å². The van der Waals surface area contributed by atoms with Gasteiger partial charge in [-0.25, -0.2) is 4.79 Å². The van der Waals surface area contributed by atoms with Gasteiger partial charge in [0, 0.05) is 17.8 Å². The number of nitro groups is 1. The summed E-state index contributed by atoms with van der Waals surface area (Å²) in [6.45, 7) is 5.40. The summed E-state index contributed by atoms with van der Waals surface area (Å²) < 4.78 is 5.22. The average Bonchev–Trinajstić information content (AvgIpc) is 2.35. The second-order valence-electron chi connectivity index (χ2n) is 6.14. The Kier molecular flexibility index (Phi) is 4.11. The number of nitrogens with zero attached hydrogens (tertiary/aromatic N) is 2. The van der Waals surface area contributed by atoms with E-state index in [1.54, 1.807) is 20.8 Å². The number of aromatic nitrogens is 1. The minimum absolute atomic E-state index is 0.0216. The first-order valence-electron chi connectivity index (χ1n) is 6.86. The van der Waals surface area contributed by atoms with Gasteiger partial charge in [0.05, 0.1) is 4.92 Å². The first-order chi connectivity index (χ1) is 9.74. The Morgan fingerprint density at radius 1 is 1.52 bits per heavy atom. The molecule has 0 fully saturated rings. The van der Waals surface area contributed by atoms with Crippen LogP contribution in [0.1, 0.15) is 38.4 Å². The lowest BCUT2D eigenvalue weighted by Gasteiger charge is -2.26. The highest BCUT2D eigenvalue weighted by atomic mass is 16.6. The maximum absolute atomic E-state index is 11.8. The molecule has 114 valence electrons. The number of ether oxygens (including phenoxy) is 1. The molecule has 1 aromatic rings. The number of alkyl carbamates (subject to hydrolysis) is 1. The molecule has 2 rings (SSSR count). The Balaban J connectivity index is 2.03. The molecule has 21 heavy (non-hydrogen) atoms. The molecule has 0 aromatic carbocycles. The maximum atomic E-state index is 11.8. The number of hydrogen-bond donors (Lipinski definition) is 1. The lowest BCUT2D eigenvalue weighted by atomic mass is 9.92. The molecule has 0 saturated heterocycles. The number of nitrogens with one attached hydrogen (secondary N) is 1. The number of rotatable bonds is 2. The SMILES string of the molecule is CC(C)(C)OC(=O)NC1CCc2ncc([N+](=O)[O-])cc2C1. The first-order valence-corrected chi connectivity index (χ1v) is 6.86. The highest BCUT2D eigenvalue weighted by Gasteiger charge is 2.25. The van der Waals surface area contributed by atoms with Gasteiger partial charge in [0.25, 0.3) is 5.69 Å². The fourth-order valence-electron chi connectivity index (χ4n) is 2.30. The third-order valence-corrected chi connectivity index (χ3v) is 3.17. The van der Waals surface area contributed by atoms with Crippen molar-refractivity contribution in [2.75, 3.05) is 0 Å². The lowest BCUT2D eigenvalue weighted by molar-refractivity contribution is -0.385. The molecule has 1 N–H and O–H groups in total. The second-order valence-corrected chi connectivity index (χ2v) is 6.14. The smallest absolute Gasteiger partial charge is 0.407 e. The Bertz CT molecular complexity index is 566. The van der Waals surface area contributed by atoms with Crippen molar-refractivity contribution in [3.63, 3.8) is 0 Å². The second kappa shape index (κ2) is 5.67. The standard InChI is InChI=1S/C14H19N3O4/c1-14(2,3)21-13(18)16-10-4-5-12-9(6-10)7-11(8-15-12)17(19)20/h7-8,10H,4-6H2,1-3H3,(H,16,18). The monoisotopic (exact) mass is 293 g/mol. The zero-order valence-electron chi connectivity index (χ0n) is 12.4. The van der Waals surface area contributed by atoms with E-state index in [1.807, 2.05) is 0 Å². The van der Waals surface area contributed by atoms with Gasteiger partial charge in [0.1, 0.15) is 11.8 Å². The number of amides is 1. The van der Waals surface area contributed by atoms with Crippen LogP contribution in [0.2, 0.25) is 0 Å². The normalized spacial score (nSPS) is 17.8. The molecule has 0 spiro atoms. The fraction of sp³-hybridized carbons (Fsp3) is 0.571. The molecule has 1 atom stereocenters. The van der Waals surface area contributed by atoms with Crippen LogP contribution < -0.4 is 5.32 Å². The summed E-state index contributed by atoms with van der Waals surface area (Å²) in [4.78, 5) is 26.2. The van der Waals surface area contributed by atoms with Gasteiger partial charge >= 0.3 is 6.09 Å². The predicted octanol–water partition coefficient (Wildman–Crippen LogP) is 2.37. The van der Waals surface area contributed by atoms with Gasteiger partial charge in [-0.05, 0) is 45.6 Å². The number of aryl methyl sites for hydroxylation is 1. The average molecular weight is 293 g/mol. The molecule has 7 heteroatoms. The van der Waals surface area contributed by atoms with Gasteiger partial charge in [-0.15, -0.1) is 0 Å². The zero-order valence-corrected chi connectivity index (χ0v) is 12.4. The van der Waals surface area contributed by atoms with Gasteiger partial charge < -0.3 is 10.1 Å². The van der Waals surface area contributed by atoms with Crippen LogP contribution in [0, 0.1) is 10.1 Å². The summed E-state index contributed by atoms with van der Waals surface area (Å²) in [5.41, 5.74) is 1.11. The topological polar surface area (TPSA) is 94.4 Å². The van der Waals surface area contributed by atoms with Gasteiger partial charge in [0.15, 0.2) is 0 Å². The van der Waals surface area contributed by atoms with E-state index in [2.05, 4.69) is 10.3 Å². The van der Waals surface area contributed by atoms with Crippen LogP contribution in [-0.2, 0) is 17.6 Å². The van der Waals surface area contributed by atoms with Crippen LogP contribution in [0.4, 0.5) is 10.5 Å².